The molecular formula is C22H30O2. The van der Waals surface area contributed by atoms with Gasteiger partial charge in [-0.05, 0) is 75.2 Å². The third-order valence-electron chi connectivity index (χ3n) is 8.04. The summed E-state index contributed by atoms with van der Waals surface area (Å²) in [5, 5.41) is 11.2. The third kappa shape index (κ3) is 2.00. The van der Waals surface area contributed by atoms with E-state index in [1.807, 2.05) is 0 Å². The molecule has 0 aliphatic heterocycles. The van der Waals surface area contributed by atoms with Gasteiger partial charge in [0.2, 0.25) is 0 Å². The molecule has 0 radical (unpaired) electrons. The molecule has 0 amide bonds. The Kier molecular flexibility index (Phi) is 3.84. The van der Waals surface area contributed by atoms with E-state index < -0.39 is 5.60 Å². The standard InChI is InChI=1S/C22H30O2/c1-4-21-12-10-18-17-9-7-16(24-3)14-15(17)6-8-19(18)20(21)11-13-22(21,23)5-2/h2,7,18-20,23H,4,6,8-14H2,1,3H3/t18-,19+,20+,21+,22+/m1/s1. The van der Waals surface area contributed by atoms with Crippen LogP contribution >= 0.6 is 0 Å². The topological polar surface area (TPSA) is 29.5 Å². The van der Waals surface area contributed by atoms with Crippen LogP contribution in [0.4, 0.5) is 0 Å². The highest BCUT2D eigenvalue weighted by Gasteiger charge is 2.62. The zero-order valence-electron chi connectivity index (χ0n) is 15.1. The summed E-state index contributed by atoms with van der Waals surface area (Å²) >= 11 is 0. The number of allylic oxidation sites excluding steroid dienone is 3. The van der Waals surface area contributed by atoms with Crippen molar-refractivity contribution in [3.63, 3.8) is 0 Å². The molecule has 4 aliphatic carbocycles. The van der Waals surface area contributed by atoms with Crippen molar-refractivity contribution in [3.05, 3.63) is 23.0 Å². The molecule has 2 heteroatoms. The van der Waals surface area contributed by atoms with Crippen molar-refractivity contribution in [1.29, 1.82) is 0 Å². The lowest BCUT2D eigenvalue weighted by Crippen LogP contribution is -2.52. The highest BCUT2D eigenvalue weighted by atomic mass is 16.5. The highest BCUT2D eigenvalue weighted by molar-refractivity contribution is 5.34. The smallest absolute Gasteiger partial charge is 0.131 e. The molecule has 2 fully saturated rings. The van der Waals surface area contributed by atoms with Crippen LogP contribution in [0, 0.1) is 35.5 Å². The minimum absolute atomic E-state index is 0.0385. The van der Waals surface area contributed by atoms with Gasteiger partial charge in [0.05, 0.1) is 12.9 Å². The van der Waals surface area contributed by atoms with Gasteiger partial charge in [-0.3, -0.25) is 0 Å². The molecule has 1 N–H and O–H groups in total. The molecule has 0 saturated heterocycles. The summed E-state index contributed by atoms with van der Waals surface area (Å²) in [4.78, 5) is 0. The molecule has 2 nitrogen and oxygen atoms in total. The first kappa shape index (κ1) is 16.3. The third-order valence-corrected chi connectivity index (χ3v) is 8.04. The molecule has 0 aromatic rings. The Labute approximate surface area is 146 Å². The Hall–Kier alpha value is -1.20. The summed E-state index contributed by atoms with van der Waals surface area (Å²) in [6.07, 6.45) is 17.9. The molecule has 0 heterocycles. The molecular weight excluding hydrogens is 296 g/mol. The Morgan fingerprint density at radius 3 is 2.88 bits per heavy atom. The molecule has 0 aromatic heterocycles. The van der Waals surface area contributed by atoms with Crippen molar-refractivity contribution in [1.82, 2.24) is 0 Å². The van der Waals surface area contributed by atoms with Crippen molar-refractivity contribution in [2.24, 2.45) is 23.2 Å². The summed E-state index contributed by atoms with van der Waals surface area (Å²) in [5.74, 6) is 6.00. The average Bonchev–Trinajstić information content (AvgIpc) is 2.94. The van der Waals surface area contributed by atoms with Crippen molar-refractivity contribution < 1.29 is 9.84 Å². The SMILES string of the molecule is C#C[C@]1(O)CC[C@H]2[C@H]3CCC4=C(CC=C(OC)C4)[C@H]3CC[C@@]21CC. The first-order valence-corrected chi connectivity index (χ1v) is 9.72. The minimum Gasteiger partial charge on any atom is -0.501 e. The van der Waals surface area contributed by atoms with Gasteiger partial charge in [-0.25, -0.2) is 0 Å². The fourth-order valence-corrected chi connectivity index (χ4v) is 6.83. The second-order valence-corrected chi connectivity index (χ2v) is 8.39. The molecule has 130 valence electrons. The van der Waals surface area contributed by atoms with Crippen molar-refractivity contribution >= 4 is 0 Å². The Morgan fingerprint density at radius 2 is 2.17 bits per heavy atom. The molecule has 4 rings (SSSR count). The molecule has 0 unspecified atom stereocenters. The maximum absolute atomic E-state index is 11.2. The van der Waals surface area contributed by atoms with E-state index in [1.54, 1.807) is 18.3 Å². The fourth-order valence-electron chi connectivity index (χ4n) is 6.83. The van der Waals surface area contributed by atoms with Crippen LogP contribution in [0.25, 0.3) is 0 Å². The van der Waals surface area contributed by atoms with Gasteiger partial charge < -0.3 is 9.84 Å². The van der Waals surface area contributed by atoms with E-state index in [2.05, 4.69) is 18.9 Å². The highest BCUT2D eigenvalue weighted by Crippen LogP contribution is 2.65. The van der Waals surface area contributed by atoms with Crippen LogP contribution in [0.2, 0.25) is 0 Å². The van der Waals surface area contributed by atoms with Crippen LogP contribution in [0.5, 0.6) is 0 Å². The van der Waals surface area contributed by atoms with Crippen LogP contribution in [0.1, 0.15) is 64.7 Å². The Morgan fingerprint density at radius 1 is 1.33 bits per heavy atom. The second kappa shape index (κ2) is 5.67. The van der Waals surface area contributed by atoms with Gasteiger partial charge in [0.1, 0.15) is 5.60 Å². The van der Waals surface area contributed by atoms with Crippen LogP contribution < -0.4 is 0 Å². The van der Waals surface area contributed by atoms with Crippen molar-refractivity contribution in [2.45, 2.75) is 70.3 Å². The lowest BCUT2D eigenvalue weighted by Gasteiger charge is -2.54. The number of aliphatic hydroxyl groups is 1. The number of hydrogen-bond acceptors (Lipinski definition) is 2. The number of rotatable bonds is 2. The van der Waals surface area contributed by atoms with Crippen molar-refractivity contribution in [2.75, 3.05) is 7.11 Å². The van der Waals surface area contributed by atoms with Gasteiger partial charge in [-0.1, -0.05) is 24.0 Å². The van der Waals surface area contributed by atoms with E-state index in [-0.39, 0.29) is 5.41 Å². The maximum atomic E-state index is 11.2. The Balaban J connectivity index is 1.65. The average molecular weight is 326 g/mol. The number of methoxy groups -OCH3 is 1. The van der Waals surface area contributed by atoms with Gasteiger partial charge in [0.25, 0.3) is 0 Å². The quantitative estimate of drug-likeness (QED) is 0.594. The molecule has 0 aromatic carbocycles. The molecule has 24 heavy (non-hydrogen) atoms. The molecule has 0 bridgehead atoms. The monoisotopic (exact) mass is 326 g/mol. The van der Waals surface area contributed by atoms with Gasteiger partial charge in [-0.15, -0.1) is 6.42 Å². The van der Waals surface area contributed by atoms with Crippen LogP contribution in [-0.4, -0.2) is 17.8 Å². The van der Waals surface area contributed by atoms with E-state index in [0.717, 1.165) is 50.2 Å². The van der Waals surface area contributed by atoms with E-state index in [0.29, 0.717) is 11.8 Å². The van der Waals surface area contributed by atoms with E-state index in [9.17, 15) is 5.11 Å². The zero-order chi connectivity index (χ0) is 16.9. The van der Waals surface area contributed by atoms with Crippen LogP contribution in [-0.2, 0) is 4.74 Å². The van der Waals surface area contributed by atoms with E-state index >= 15 is 0 Å². The largest absolute Gasteiger partial charge is 0.501 e. The Bertz CT molecular complexity index is 637. The first-order chi connectivity index (χ1) is 11.6. The summed E-state index contributed by atoms with van der Waals surface area (Å²) in [6, 6.07) is 0. The minimum atomic E-state index is -0.873. The van der Waals surface area contributed by atoms with Gasteiger partial charge in [-0.2, -0.15) is 0 Å². The number of ether oxygens (including phenoxy) is 1. The second-order valence-electron chi connectivity index (χ2n) is 8.39. The lowest BCUT2D eigenvalue weighted by atomic mass is 9.51. The van der Waals surface area contributed by atoms with Gasteiger partial charge in [0, 0.05) is 11.8 Å². The first-order valence-electron chi connectivity index (χ1n) is 9.72. The molecule has 5 atom stereocenters. The van der Waals surface area contributed by atoms with E-state index in [1.165, 1.54) is 19.3 Å². The lowest BCUT2D eigenvalue weighted by molar-refractivity contribution is -0.0855. The summed E-state index contributed by atoms with van der Waals surface area (Å²) < 4.78 is 5.49. The predicted molar refractivity (Wildman–Crippen MR) is 96.0 cm³/mol. The van der Waals surface area contributed by atoms with Gasteiger partial charge >= 0.3 is 0 Å². The zero-order valence-corrected chi connectivity index (χ0v) is 15.1. The number of hydrogen-bond donors (Lipinski definition) is 1. The molecule has 4 aliphatic rings. The van der Waals surface area contributed by atoms with Crippen molar-refractivity contribution in [3.8, 4) is 12.3 Å². The van der Waals surface area contributed by atoms with Gasteiger partial charge in [0.15, 0.2) is 0 Å². The number of terminal acetylenes is 1. The number of fused-ring (bicyclic) bond motifs is 4. The fraction of sp³-hybridized carbons (Fsp3) is 0.727. The van der Waals surface area contributed by atoms with Crippen LogP contribution in [0.15, 0.2) is 23.0 Å². The van der Waals surface area contributed by atoms with Crippen LogP contribution in [0.3, 0.4) is 0 Å². The summed E-state index contributed by atoms with van der Waals surface area (Å²) in [6.45, 7) is 2.24. The molecule has 0 spiro atoms. The summed E-state index contributed by atoms with van der Waals surface area (Å²) in [7, 11) is 1.79. The maximum Gasteiger partial charge on any atom is 0.131 e. The predicted octanol–water partition coefficient (Wildman–Crippen LogP) is 4.60. The van der Waals surface area contributed by atoms with E-state index in [4.69, 9.17) is 11.2 Å². The normalized spacial score (nSPS) is 44.1. The molecule has 2 saturated carbocycles. The summed E-state index contributed by atoms with van der Waals surface area (Å²) in [5.41, 5.74) is 2.43.